The van der Waals surface area contributed by atoms with E-state index in [-0.39, 0.29) is 18.9 Å². The van der Waals surface area contributed by atoms with E-state index in [0.717, 1.165) is 13.1 Å². The zero-order chi connectivity index (χ0) is 9.80. The fraction of sp³-hybridized carbons (Fsp3) is 0.308. The van der Waals surface area contributed by atoms with Crippen LogP contribution in [-0.2, 0) is 6.54 Å². The summed E-state index contributed by atoms with van der Waals surface area (Å²) in [4.78, 5) is 2.45. The second-order valence-electron chi connectivity index (χ2n) is 3.62. The molecule has 1 atom stereocenters. The maximum atomic E-state index is 2.45. The van der Waals surface area contributed by atoms with Crippen LogP contribution in [-0.4, -0.2) is 17.5 Å². The Balaban J connectivity index is 0.00000112. The number of hydrogen-bond acceptors (Lipinski definition) is 1. The molecule has 0 heterocycles. The Bertz CT molecular complexity index is 308. The van der Waals surface area contributed by atoms with Crippen molar-refractivity contribution in [2.75, 3.05) is 6.54 Å². The fourth-order valence-electron chi connectivity index (χ4n) is 1.70. The second-order valence-corrected chi connectivity index (χ2v) is 3.62. The first-order valence-corrected chi connectivity index (χ1v) is 5.20. The minimum Gasteiger partial charge on any atom is -0.322 e. The molecule has 0 amide bonds. The van der Waals surface area contributed by atoms with Gasteiger partial charge in [-0.2, -0.15) is 0 Å². The zero-order valence-corrected chi connectivity index (χ0v) is 9.56. The van der Waals surface area contributed by atoms with Crippen molar-refractivity contribution in [2.24, 2.45) is 0 Å². The molecule has 0 N–H and O–H groups in total. The third kappa shape index (κ3) is 3.17. The van der Waals surface area contributed by atoms with Gasteiger partial charge in [0.05, 0.1) is 0 Å². The minimum atomic E-state index is 0. The van der Waals surface area contributed by atoms with E-state index in [1.807, 2.05) is 0 Å². The van der Waals surface area contributed by atoms with Crippen LogP contribution in [0.25, 0.3) is 0 Å². The summed E-state index contributed by atoms with van der Waals surface area (Å²) in [5.41, 5.74) is 1.39. The van der Waals surface area contributed by atoms with Crippen LogP contribution in [0.5, 0.6) is 0 Å². The van der Waals surface area contributed by atoms with Crippen molar-refractivity contribution in [3.05, 3.63) is 54.5 Å². The van der Waals surface area contributed by atoms with Crippen molar-refractivity contribution >= 4 is 0 Å². The van der Waals surface area contributed by atoms with E-state index in [0.29, 0.717) is 6.04 Å². The summed E-state index contributed by atoms with van der Waals surface area (Å²) in [5, 5.41) is 0. The van der Waals surface area contributed by atoms with E-state index < -0.39 is 0 Å². The van der Waals surface area contributed by atoms with Crippen LogP contribution >= 0.6 is 0 Å². The molecule has 0 radical (unpaired) electrons. The minimum absolute atomic E-state index is 0. The second kappa shape index (κ2) is 6.08. The standard InChI is InChI=1S/C13H16N.Li/c1-2-14(13-9-6-10-13)11-12-7-4-3-5-8-12;/h3-10,13H,2,11H2,1H3;/q-1;+1. The topological polar surface area (TPSA) is 3.24 Å². The molecule has 0 saturated heterocycles. The van der Waals surface area contributed by atoms with E-state index >= 15 is 0 Å². The SMILES string of the molecule is CCN(Cc1ccccc1)C1C=C[CH-]1.[Li+]. The number of likely N-dealkylation sites (N-methyl/N-ethyl adjacent to an activating group) is 1. The van der Waals surface area contributed by atoms with Crippen molar-refractivity contribution in [2.45, 2.75) is 19.5 Å². The van der Waals surface area contributed by atoms with E-state index in [1.165, 1.54) is 5.56 Å². The number of benzene rings is 1. The van der Waals surface area contributed by atoms with Crippen LogP contribution in [0.15, 0.2) is 42.5 Å². The molecule has 2 heteroatoms. The monoisotopic (exact) mass is 193 g/mol. The number of hydrogen-bond donors (Lipinski definition) is 0. The molecule has 0 saturated carbocycles. The molecule has 1 aliphatic carbocycles. The van der Waals surface area contributed by atoms with Gasteiger partial charge >= 0.3 is 18.9 Å². The van der Waals surface area contributed by atoms with E-state index in [2.05, 4.69) is 60.7 Å². The summed E-state index contributed by atoms with van der Waals surface area (Å²) < 4.78 is 0. The average Bonchev–Trinajstić information content (AvgIpc) is 2.15. The molecule has 0 aliphatic heterocycles. The molecule has 2 rings (SSSR count). The molecule has 1 nitrogen and oxygen atoms in total. The Morgan fingerprint density at radius 1 is 1.27 bits per heavy atom. The smallest absolute Gasteiger partial charge is 0.322 e. The first-order valence-electron chi connectivity index (χ1n) is 5.20. The average molecular weight is 193 g/mol. The molecular formula is C13H16LiN. The van der Waals surface area contributed by atoms with Crippen LogP contribution in [0.2, 0.25) is 0 Å². The van der Waals surface area contributed by atoms with Crippen LogP contribution in [0, 0.1) is 6.42 Å². The van der Waals surface area contributed by atoms with Gasteiger partial charge in [-0.3, -0.25) is 0 Å². The quantitative estimate of drug-likeness (QED) is 0.467. The van der Waals surface area contributed by atoms with Gasteiger partial charge in [0.15, 0.2) is 0 Å². The fourth-order valence-corrected chi connectivity index (χ4v) is 1.70. The maximum Gasteiger partial charge on any atom is 1.00 e. The van der Waals surface area contributed by atoms with Gasteiger partial charge < -0.3 is 4.90 Å². The van der Waals surface area contributed by atoms with Crippen molar-refractivity contribution in [3.8, 4) is 0 Å². The van der Waals surface area contributed by atoms with Gasteiger partial charge in [0.1, 0.15) is 0 Å². The predicted octanol–water partition coefficient (Wildman–Crippen LogP) is -0.345. The van der Waals surface area contributed by atoms with Gasteiger partial charge in [-0.25, -0.2) is 18.6 Å². The van der Waals surface area contributed by atoms with Gasteiger partial charge in [0.25, 0.3) is 0 Å². The van der Waals surface area contributed by atoms with E-state index in [1.54, 1.807) is 0 Å². The Hall–Kier alpha value is -0.613. The van der Waals surface area contributed by atoms with Crippen LogP contribution in [0.3, 0.4) is 0 Å². The molecule has 15 heavy (non-hydrogen) atoms. The molecular weight excluding hydrogens is 177 g/mol. The van der Waals surface area contributed by atoms with Gasteiger partial charge in [-0.05, 0) is 12.1 Å². The molecule has 0 fully saturated rings. The molecule has 1 aliphatic rings. The van der Waals surface area contributed by atoms with E-state index in [4.69, 9.17) is 0 Å². The molecule has 1 aromatic rings. The van der Waals surface area contributed by atoms with Gasteiger partial charge in [0, 0.05) is 6.54 Å². The maximum absolute atomic E-state index is 2.45. The summed E-state index contributed by atoms with van der Waals surface area (Å²) in [6, 6.07) is 11.2. The molecule has 0 bridgehead atoms. The molecule has 0 aromatic heterocycles. The molecule has 74 valence electrons. The first kappa shape index (κ1) is 12.5. The molecule has 1 unspecified atom stereocenters. The third-order valence-corrected chi connectivity index (χ3v) is 2.67. The van der Waals surface area contributed by atoms with Crippen LogP contribution < -0.4 is 18.9 Å². The summed E-state index contributed by atoms with van der Waals surface area (Å²) in [6.45, 7) is 4.35. The van der Waals surface area contributed by atoms with E-state index in [9.17, 15) is 0 Å². The summed E-state index contributed by atoms with van der Waals surface area (Å²) in [7, 11) is 0. The van der Waals surface area contributed by atoms with Gasteiger partial charge in [-0.15, -0.1) is 0 Å². The van der Waals surface area contributed by atoms with Crippen molar-refractivity contribution in [3.63, 3.8) is 0 Å². The third-order valence-electron chi connectivity index (χ3n) is 2.67. The zero-order valence-electron chi connectivity index (χ0n) is 9.56. The van der Waals surface area contributed by atoms with Gasteiger partial charge in [0.2, 0.25) is 0 Å². The van der Waals surface area contributed by atoms with Crippen molar-refractivity contribution < 1.29 is 18.9 Å². The summed E-state index contributed by atoms with van der Waals surface area (Å²) in [5.74, 6) is 0. The van der Waals surface area contributed by atoms with Gasteiger partial charge in [-0.1, -0.05) is 43.3 Å². The Morgan fingerprint density at radius 2 is 1.93 bits per heavy atom. The van der Waals surface area contributed by atoms with Crippen molar-refractivity contribution in [1.29, 1.82) is 0 Å². The predicted molar refractivity (Wildman–Crippen MR) is 59.8 cm³/mol. The number of nitrogens with zero attached hydrogens (tertiary/aromatic N) is 1. The first-order chi connectivity index (χ1) is 6.90. The van der Waals surface area contributed by atoms with Crippen molar-refractivity contribution in [1.82, 2.24) is 4.90 Å². The molecule has 0 spiro atoms. The Labute approximate surface area is 104 Å². The Kier molecular flexibility index (Phi) is 5.05. The van der Waals surface area contributed by atoms with Crippen LogP contribution in [0.1, 0.15) is 12.5 Å². The summed E-state index contributed by atoms with van der Waals surface area (Å²) >= 11 is 0. The molecule has 1 aromatic carbocycles. The Morgan fingerprint density at radius 3 is 2.40 bits per heavy atom. The number of rotatable bonds is 4. The van der Waals surface area contributed by atoms with Crippen LogP contribution in [0.4, 0.5) is 0 Å². The largest absolute Gasteiger partial charge is 1.00 e. The summed E-state index contributed by atoms with van der Waals surface area (Å²) in [6.07, 6.45) is 6.61. The normalized spacial score (nSPS) is 17.9.